The van der Waals surface area contributed by atoms with Gasteiger partial charge in [-0.2, -0.15) is 0 Å². The molecule has 8 nitrogen and oxygen atoms in total. The summed E-state index contributed by atoms with van der Waals surface area (Å²) in [6.07, 6.45) is 0. The molecule has 68 heavy (non-hydrogen) atoms. The molecule has 0 unspecified atom stereocenters. The van der Waals surface area contributed by atoms with Crippen LogP contribution in [0, 0.1) is 0 Å². The number of fused-ring (bicyclic) bond motifs is 6. The maximum absolute atomic E-state index is 6.31. The second kappa shape index (κ2) is 15.6. The lowest BCUT2D eigenvalue weighted by atomic mass is 9.73. The molecule has 3 aliphatic rings. The highest BCUT2D eigenvalue weighted by molar-refractivity contribution is 5.89. The molecule has 9 aromatic carbocycles. The van der Waals surface area contributed by atoms with E-state index in [-0.39, 0.29) is 5.41 Å². The number of ether oxygens (including phenoxy) is 2. The zero-order valence-electron chi connectivity index (χ0n) is 37.3. The maximum Gasteiger partial charge on any atom is 0.164 e. The number of rotatable bonds is 6. The van der Waals surface area contributed by atoms with Crippen molar-refractivity contribution in [2.24, 2.45) is 0 Å². The summed E-state index contributed by atoms with van der Waals surface area (Å²) in [6, 6.07) is 75.3. The van der Waals surface area contributed by atoms with E-state index in [0.29, 0.717) is 17.5 Å². The van der Waals surface area contributed by atoms with Gasteiger partial charge in [0.15, 0.2) is 40.5 Å². The average Bonchev–Trinajstić information content (AvgIpc) is 3.40. The van der Waals surface area contributed by atoms with Gasteiger partial charge < -0.3 is 24.2 Å². The summed E-state index contributed by atoms with van der Waals surface area (Å²) in [5.41, 5.74) is 14.3. The molecule has 3 aliphatic heterocycles. The van der Waals surface area contributed by atoms with E-state index in [1.807, 2.05) is 72.8 Å². The maximum atomic E-state index is 6.31. The van der Waals surface area contributed by atoms with Crippen LogP contribution in [0.5, 0.6) is 23.0 Å². The Labute approximate surface area is 394 Å². The molecule has 0 saturated heterocycles. The lowest BCUT2D eigenvalue weighted by Crippen LogP contribution is -2.30. The van der Waals surface area contributed by atoms with Gasteiger partial charge in [0.1, 0.15) is 0 Å². The zero-order chi connectivity index (χ0) is 45.3. The first-order valence-electron chi connectivity index (χ1n) is 22.8. The van der Waals surface area contributed by atoms with Crippen molar-refractivity contribution in [3.63, 3.8) is 0 Å². The Morgan fingerprint density at radius 1 is 0.294 bits per heavy atom. The summed E-state index contributed by atoms with van der Waals surface area (Å²) in [7, 11) is 0. The highest BCUT2D eigenvalue weighted by Gasteiger charge is 2.36. The first-order valence-corrected chi connectivity index (χ1v) is 22.8. The summed E-state index contributed by atoms with van der Waals surface area (Å²) in [5, 5.41) is 0. The standard InChI is InChI=1S/C60H42N6O2/c1-60(2)45-15-3-5-17-47(45)64(48-18-6-4-16-46(48)60)42-33-27-39(28-34-42)57-61-58(40-29-35-43(36-30-40)65-49-19-7-11-23-53(49)67-54-24-12-8-20-50(54)65)63-59(62-57)41-31-37-44(38-32-41)66-51-21-9-13-25-55(51)68-56-26-14-10-22-52(56)66/h3-38H,1-2H3. The van der Waals surface area contributed by atoms with Gasteiger partial charge in [-0.05, 0) is 145 Å². The molecule has 0 N–H and O–H groups in total. The van der Waals surface area contributed by atoms with Crippen molar-refractivity contribution in [3.05, 3.63) is 230 Å². The van der Waals surface area contributed by atoms with Crippen molar-refractivity contribution in [2.75, 3.05) is 14.7 Å². The van der Waals surface area contributed by atoms with Crippen LogP contribution in [-0.4, -0.2) is 15.0 Å². The highest BCUT2D eigenvalue weighted by atomic mass is 16.5. The van der Waals surface area contributed by atoms with E-state index in [2.05, 4.69) is 174 Å². The fraction of sp³-hybridized carbons (Fsp3) is 0.0500. The normalized spacial score (nSPS) is 13.7. The zero-order valence-corrected chi connectivity index (χ0v) is 37.3. The molecule has 10 aromatic rings. The van der Waals surface area contributed by atoms with Gasteiger partial charge in [-0.1, -0.05) is 98.8 Å². The van der Waals surface area contributed by atoms with Crippen molar-refractivity contribution in [3.8, 4) is 57.2 Å². The molecule has 324 valence electrons. The van der Waals surface area contributed by atoms with Crippen LogP contribution in [0.1, 0.15) is 25.0 Å². The first kappa shape index (κ1) is 39.4. The third-order valence-corrected chi connectivity index (χ3v) is 13.3. The van der Waals surface area contributed by atoms with Crippen molar-refractivity contribution < 1.29 is 9.47 Å². The quantitative estimate of drug-likeness (QED) is 0.164. The summed E-state index contributed by atoms with van der Waals surface area (Å²) >= 11 is 0. The molecule has 1 aromatic heterocycles. The minimum absolute atomic E-state index is 0.147. The SMILES string of the molecule is CC1(C)c2ccccc2N(c2ccc(-c3nc(-c4ccc(N5c6ccccc6Oc6ccccc65)cc4)nc(-c4ccc(N5c6ccccc6Oc6ccccc65)cc4)n3)cc2)c2ccccc21. The van der Waals surface area contributed by atoms with Crippen molar-refractivity contribution >= 4 is 51.2 Å². The first-order chi connectivity index (χ1) is 33.5. The third kappa shape index (κ3) is 6.41. The Hall–Kier alpha value is -9.01. The smallest absolute Gasteiger partial charge is 0.164 e. The number of nitrogens with zero attached hydrogens (tertiary/aromatic N) is 6. The van der Waals surface area contributed by atoms with Crippen LogP contribution in [-0.2, 0) is 5.41 Å². The fourth-order valence-electron chi connectivity index (χ4n) is 9.95. The number of anilines is 9. The predicted octanol–water partition coefficient (Wildman–Crippen LogP) is 16.1. The highest BCUT2D eigenvalue weighted by Crippen LogP contribution is 2.54. The molecule has 4 heterocycles. The lowest BCUT2D eigenvalue weighted by molar-refractivity contribution is 0.477. The Balaban J connectivity index is 0.905. The van der Waals surface area contributed by atoms with Crippen LogP contribution in [0.25, 0.3) is 34.2 Å². The molecule has 0 radical (unpaired) electrons. The van der Waals surface area contributed by atoms with E-state index < -0.39 is 0 Å². The van der Waals surface area contributed by atoms with Crippen LogP contribution in [0.15, 0.2) is 218 Å². The minimum Gasteiger partial charge on any atom is -0.453 e. The molecule has 0 amide bonds. The summed E-state index contributed by atoms with van der Waals surface area (Å²) in [5.74, 6) is 4.95. The summed E-state index contributed by atoms with van der Waals surface area (Å²) < 4.78 is 12.6. The molecule has 13 rings (SSSR count). The van der Waals surface area contributed by atoms with Gasteiger partial charge in [0, 0.05) is 39.2 Å². The van der Waals surface area contributed by atoms with E-state index in [1.165, 1.54) is 22.5 Å². The summed E-state index contributed by atoms with van der Waals surface area (Å²) in [4.78, 5) is 22.4. The lowest BCUT2D eigenvalue weighted by Gasteiger charge is -2.42. The summed E-state index contributed by atoms with van der Waals surface area (Å²) in [6.45, 7) is 4.62. The van der Waals surface area contributed by atoms with Gasteiger partial charge in [0.25, 0.3) is 0 Å². The minimum atomic E-state index is -0.147. The average molecular weight is 879 g/mol. The number of hydrogen-bond donors (Lipinski definition) is 0. The molecule has 0 saturated carbocycles. The van der Waals surface area contributed by atoms with Crippen LogP contribution in [0.3, 0.4) is 0 Å². The van der Waals surface area contributed by atoms with Crippen molar-refractivity contribution in [2.45, 2.75) is 19.3 Å². The molecule has 0 spiro atoms. The predicted molar refractivity (Wildman–Crippen MR) is 272 cm³/mol. The number of para-hydroxylation sites is 10. The van der Waals surface area contributed by atoms with Gasteiger partial charge >= 0.3 is 0 Å². The van der Waals surface area contributed by atoms with Crippen molar-refractivity contribution in [1.29, 1.82) is 0 Å². The van der Waals surface area contributed by atoms with Gasteiger partial charge in [0.2, 0.25) is 0 Å². The second-order valence-corrected chi connectivity index (χ2v) is 17.7. The Morgan fingerprint density at radius 2 is 0.544 bits per heavy atom. The number of aromatic nitrogens is 3. The van der Waals surface area contributed by atoms with Crippen LogP contribution in [0.2, 0.25) is 0 Å². The topological polar surface area (TPSA) is 66.9 Å². The van der Waals surface area contributed by atoms with Gasteiger partial charge in [0.05, 0.1) is 34.1 Å². The van der Waals surface area contributed by atoms with Gasteiger partial charge in [-0.3, -0.25) is 0 Å². The molecule has 0 bridgehead atoms. The van der Waals surface area contributed by atoms with E-state index in [4.69, 9.17) is 24.4 Å². The molecular weight excluding hydrogens is 837 g/mol. The Bertz CT molecular complexity index is 3270. The monoisotopic (exact) mass is 878 g/mol. The van der Waals surface area contributed by atoms with Crippen LogP contribution >= 0.6 is 0 Å². The fourth-order valence-corrected chi connectivity index (χ4v) is 9.95. The third-order valence-electron chi connectivity index (χ3n) is 13.3. The Kier molecular flexibility index (Phi) is 9.01. The van der Waals surface area contributed by atoms with Gasteiger partial charge in [-0.15, -0.1) is 0 Å². The van der Waals surface area contributed by atoms with E-state index in [9.17, 15) is 0 Å². The van der Waals surface area contributed by atoms with Gasteiger partial charge in [-0.25, -0.2) is 15.0 Å². The molecule has 0 atom stereocenters. The van der Waals surface area contributed by atoms with E-state index in [0.717, 1.165) is 79.5 Å². The van der Waals surface area contributed by atoms with Crippen LogP contribution < -0.4 is 24.2 Å². The van der Waals surface area contributed by atoms with E-state index in [1.54, 1.807) is 0 Å². The van der Waals surface area contributed by atoms with Crippen molar-refractivity contribution in [1.82, 2.24) is 15.0 Å². The number of benzene rings is 9. The van der Waals surface area contributed by atoms with E-state index >= 15 is 0 Å². The molecule has 0 aliphatic carbocycles. The largest absolute Gasteiger partial charge is 0.453 e. The molecule has 0 fully saturated rings. The number of hydrogen-bond acceptors (Lipinski definition) is 8. The molecular formula is C60H42N6O2. The molecule has 8 heteroatoms. The second-order valence-electron chi connectivity index (χ2n) is 17.7. The Morgan fingerprint density at radius 3 is 0.853 bits per heavy atom. The van der Waals surface area contributed by atoms with Crippen LogP contribution in [0.4, 0.5) is 51.2 Å².